The van der Waals surface area contributed by atoms with Gasteiger partial charge in [-0.15, -0.1) is 0 Å². The number of rotatable bonds is 7. The van der Waals surface area contributed by atoms with Crippen LogP contribution < -0.4 is 10.1 Å². The summed E-state index contributed by atoms with van der Waals surface area (Å²) in [4.78, 5) is 11.5. The highest BCUT2D eigenvalue weighted by atomic mass is 16.5. The van der Waals surface area contributed by atoms with Crippen molar-refractivity contribution in [1.29, 1.82) is 0 Å². The van der Waals surface area contributed by atoms with Crippen molar-refractivity contribution in [2.75, 3.05) is 5.32 Å². The third-order valence-electron chi connectivity index (χ3n) is 5.53. The number of ether oxygens (including phenoxy) is 1. The van der Waals surface area contributed by atoms with Crippen LogP contribution in [-0.4, -0.2) is 11.1 Å². The molecule has 4 heteroatoms. The van der Waals surface area contributed by atoms with Gasteiger partial charge in [0.15, 0.2) is 0 Å². The lowest BCUT2D eigenvalue weighted by Gasteiger charge is -2.17. The maximum atomic E-state index is 11.5. The maximum Gasteiger partial charge on any atom is 0.336 e. The maximum absolute atomic E-state index is 11.5. The summed E-state index contributed by atoms with van der Waals surface area (Å²) in [6.45, 7) is 4.90. The molecule has 2 N–H and O–H groups in total. The van der Waals surface area contributed by atoms with E-state index < -0.39 is 5.97 Å². The van der Waals surface area contributed by atoms with Crippen LogP contribution in [0.1, 0.15) is 32.6 Å². The molecule has 0 fully saturated rings. The molecule has 31 heavy (non-hydrogen) atoms. The topological polar surface area (TPSA) is 58.6 Å². The van der Waals surface area contributed by atoms with Gasteiger partial charge in [0.1, 0.15) is 12.4 Å². The minimum absolute atomic E-state index is 0.304. The van der Waals surface area contributed by atoms with Crippen LogP contribution in [0.2, 0.25) is 0 Å². The zero-order valence-electron chi connectivity index (χ0n) is 17.7. The van der Waals surface area contributed by atoms with Crippen LogP contribution in [0.4, 0.5) is 5.69 Å². The van der Waals surface area contributed by atoms with Gasteiger partial charge in [0.2, 0.25) is 0 Å². The van der Waals surface area contributed by atoms with Crippen molar-refractivity contribution in [3.63, 3.8) is 0 Å². The number of carboxylic acid groups (broad SMARTS) is 1. The first kappa shape index (κ1) is 20.5. The van der Waals surface area contributed by atoms with Crippen LogP contribution >= 0.6 is 0 Å². The van der Waals surface area contributed by atoms with Crippen molar-refractivity contribution in [2.24, 2.45) is 0 Å². The Morgan fingerprint density at radius 1 is 0.903 bits per heavy atom. The summed E-state index contributed by atoms with van der Waals surface area (Å²) in [6.07, 6.45) is 0. The number of benzene rings is 4. The van der Waals surface area contributed by atoms with Gasteiger partial charge in [-0.1, -0.05) is 66.2 Å². The number of hydrogen-bond donors (Lipinski definition) is 2. The molecule has 0 spiro atoms. The van der Waals surface area contributed by atoms with E-state index in [1.54, 1.807) is 12.1 Å². The fourth-order valence-electron chi connectivity index (χ4n) is 3.72. The van der Waals surface area contributed by atoms with Crippen molar-refractivity contribution in [3.8, 4) is 5.75 Å². The zero-order chi connectivity index (χ0) is 21.8. The van der Waals surface area contributed by atoms with E-state index in [9.17, 15) is 9.90 Å². The standard InChI is InChI=1S/C27H25NO3/c1-18-10-12-20(13-11-18)17-31-26-15-14-21-6-3-4-7-23(21)24(26)16-28-25-9-5-8-22(19(25)2)27(29)30/h3-15,28H,16-17H2,1-2H3,(H,29,30). The normalized spacial score (nSPS) is 10.8. The molecule has 0 radical (unpaired) electrons. The molecule has 156 valence electrons. The van der Waals surface area contributed by atoms with Crippen molar-refractivity contribution < 1.29 is 14.6 Å². The molecule has 4 nitrogen and oxygen atoms in total. The SMILES string of the molecule is Cc1ccc(COc2ccc3ccccc3c2CNc2cccc(C(=O)O)c2C)cc1. The fraction of sp³-hybridized carbons (Fsp3) is 0.148. The molecule has 0 unspecified atom stereocenters. The van der Waals surface area contributed by atoms with E-state index in [2.05, 4.69) is 54.7 Å². The van der Waals surface area contributed by atoms with E-state index in [1.807, 2.05) is 31.2 Å². The van der Waals surface area contributed by atoms with E-state index in [0.29, 0.717) is 18.7 Å². The first-order chi connectivity index (χ1) is 15.0. The molecule has 0 atom stereocenters. The number of carboxylic acids is 1. The molecule has 0 saturated carbocycles. The Hall–Kier alpha value is -3.79. The number of hydrogen-bond acceptors (Lipinski definition) is 3. The Morgan fingerprint density at radius 2 is 1.68 bits per heavy atom. The van der Waals surface area contributed by atoms with Gasteiger partial charge >= 0.3 is 5.97 Å². The number of fused-ring (bicyclic) bond motifs is 1. The first-order valence-electron chi connectivity index (χ1n) is 10.3. The lowest BCUT2D eigenvalue weighted by atomic mass is 10.0. The molecule has 0 heterocycles. The van der Waals surface area contributed by atoms with Crippen molar-refractivity contribution in [1.82, 2.24) is 0 Å². The second kappa shape index (κ2) is 8.92. The Balaban J connectivity index is 1.63. The molecule has 0 saturated heterocycles. The largest absolute Gasteiger partial charge is 0.489 e. The van der Waals surface area contributed by atoms with Crippen LogP contribution in [-0.2, 0) is 13.2 Å². The van der Waals surface area contributed by atoms with Gasteiger partial charge in [-0.25, -0.2) is 4.79 Å². The van der Waals surface area contributed by atoms with Crippen molar-refractivity contribution >= 4 is 22.4 Å². The van der Waals surface area contributed by atoms with E-state index in [1.165, 1.54) is 5.56 Å². The van der Waals surface area contributed by atoms with Gasteiger partial charge in [0, 0.05) is 17.8 Å². The van der Waals surface area contributed by atoms with Gasteiger partial charge in [0.25, 0.3) is 0 Å². The second-order valence-corrected chi connectivity index (χ2v) is 7.67. The minimum Gasteiger partial charge on any atom is -0.489 e. The molecule has 4 rings (SSSR count). The van der Waals surface area contributed by atoms with Gasteiger partial charge in [-0.3, -0.25) is 0 Å². The first-order valence-corrected chi connectivity index (χ1v) is 10.3. The zero-order valence-corrected chi connectivity index (χ0v) is 17.7. The number of aromatic carboxylic acids is 1. The van der Waals surface area contributed by atoms with E-state index >= 15 is 0 Å². The number of carbonyl (C=O) groups is 1. The molecule has 0 bridgehead atoms. The third kappa shape index (κ3) is 4.53. The Bertz CT molecular complexity index is 1230. The van der Waals surface area contributed by atoms with Crippen LogP contribution in [0.3, 0.4) is 0 Å². The van der Waals surface area contributed by atoms with Crippen LogP contribution in [0, 0.1) is 13.8 Å². The molecule has 4 aromatic rings. The highest BCUT2D eigenvalue weighted by Crippen LogP contribution is 2.30. The van der Waals surface area contributed by atoms with Crippen LogP contribution in [0.15, 0.2) is 78.9 Å². The van der Waals surface area contributed by atoms with Crippen molar-refractivity contribution in [3.05, 3.63) is 107 Å². The molecule has 0 aliphatic heterocycles. The molecule has 0 aliphatic rings. The summed E-state index contributed by atoms with van der Waals surface area (Å²) in [7, 11) is 0. The number of aryl methyl sites for hydroxylation is 1. The molecule has 0 aromatic heterocycles. The summed E-state index contributed by atoms with van der Waals surface area (Å²) in [5, 5.41) is 15.1. The summed E-state index contributed by atoms with van der Waals surface area (Å²) in [5.74, 6) is -0.104. The van der Waals surface area contributed by atoms with Gasteiger partial charge in [-0.2, -0.15) is 0 Å². The van der Waals surface area contributed by atoms with Crippen LogP contribution in [0.25, 0.3) is 10.8 Å². The van der Waals surface area contributed by atoms with E-state index in [4.69, 9.17) is 4.74 Å². The second-order valence-electron chi connectivity index (χ2n) is 7.67. The Labute approximate surface area is 182 Å². The Morgan fingerprint density at radius 3 is 2.45 bits per heavy atom. The van der Waals surface area contributed by atoms with Gasteiger partial charge in [-0.05, 0) is 53.9 Å². The number of anilines is 1. The molecule has 4 aromatic carbocycles. The summed E-state index contributed by atoms with van der Waals surface area (Å²) in [6, 6.07) is 25.9. The third-order valence-corrected chi connectivity index (χ3v) is 5.53. The molecular weight excluding hydrogens is 386 g/mol. The highest BCUT2D eigenvalue weighted by molar-refractivity contribution is 5.91. The van der Waals surface area contributed by atoms with E-state index in [-0.39, 0.29) is 0 Å². The monoisotopic (exact) mass is 411 g/mol. The smallest absolute Gasteiger partial charge is 0.336 e. The molecular formula is C27H25NO3. The van der Waals surface area contributed by atoms with Gasteiger partial charge in [0.05, 0.1) is 5.56 Å². The molecule has 0 amide bonds. The predicted molar refractivity (Wildman–Crippen MR) is 125 cm³/mol. The summed E-state index contributed by atoms with van der Waals surface area (Å²) in [5.41, 5.74) is 5.21. The van der Waals surface area contributed by atoms with E-state index in [0.717, 1.165) is 38.9 Å². The minimum atomic E-state index is -0.923. The van der Waals surface area contributed by atoms with Crippen molar-refractivity contribution in [2.45, 2.75) is 27.0 Å². The quantitative estimate of drug-likeness (QED) is 0.372. The lowest BCUT2D eigenvalue weighted by Crippen LogP contribution is -2.08. The summed E-state index contributed by atoms with van der Waals surface area (Å²) >= 11 is 0. The average molecular weight is 412 g/mol. The highest BCUT2D eigenvalue weighted by Gasteiger charge is 2.13. The fourth-order valence-corrected chi connectivity index (χ4v) is 3.72. The van der Waals surface area contributed by atoms with Crippen LogP contribution in [0.5, 0.6) is 5.75 Å². The lowest BCUT2D eigenvalue weighted by molar-refractivity contribution is 0.0696. The predicted octanol–water partition coefficient (Wildman–Crippen LogP) is 6.35. The Kier molecular flexibility index (Phi) is 5.89. The summed E-state index contributed by atoms with van der Waals surface area (Å²) < 4.78 is 6.22. The van der Waals surface area contributed by atoms with Gasteiger partial charge < -0.3 is 15.2 Å². The number of nitrogens with one attached hydrogen (secondary N) is 1. The average Bonchev–Trinajstić information content (AvgIpc) is 2.78. The molecule has 0 aliphatic carbocycles.